The fourth-order valence-electron chi connectivity index (χ4n) is 2.61. The molecule has 0 aromatic rings. The molecule has 2 N–H and O–H groups in total. The van der Waals surface area contributed by atoms with Gasteiger partial charge in [-0.05, 0) is 38.1 Å². The summed E-state index contributed by atoms with van der Waals surface area (Å²) in [5, 5.41) is 0. The fourth-order valence-corrected chi connectivity index (χ4v) is 2.61. The molecule has 0 aromatic carbocycles. The lowest BCUT2D eigenvalue weighted by molar-refractivity contribution is -0.121. The molecule has 0 bridgehead atoms. The normalized spacial score (nSPS) is 19.4. The summed E-state index contributed by atoms with van der Waals surface area (Å²) in [5.41, 5.74) is 7.10. The Hall–Kier alpha value is -0.630. The Kier molecular flexibility index (Phi) is 5.20. The first-order valence-electron chi connectivity index (χ1n) is 6.44. The largest absolute Gasteiger partial charge is 0.330 e. The van der Waals surface area contributed by atoms with Gasteiger partial charge in [-0.25, -0.2) is 0 Å². The minimum absolute atomic E-state index is 0.129. The van der Waals surface area contributed by atoms with Crippen LogP contribution < -0.4 is 5.73 Å². The topological polar surface area (TPSA) is 43.1 Å². The Morgan fingerprint density at radius 3 is 2.38 bits per heavy atom. The third-order valence-electron chi connectivity index (χ3n) is 3.75. The van der Waals surface area contributed by atoms with Crippen LogP contribution in [0.5, 0.6) is 0 Å². The quantitative estimate of drug-likeness (QED) is 0.703. The maximum atomic E-state index is 11.9. The van der Waals surface area contributed by atoms with Crippen molar-refractivity contribution in [3.05, 3.63) is 12.2 Å². The van der Waals surface area contributed by atoms with Crippen molar-refractivity contribution in [2.45, 2.75) is 58.3 Å². The average Bonchev–Trinajstić information content (AvgIpc) is 2.28. The molecule has 16 heavy (non-hydrogen) atoms. The standard InChI is InChI=1S/C14H25NO/c1-12(2)6-7-13(16)10-14(11-15)8-4-3-5-9-14/h1,3-11,15H2,2H3. The van der Waals surface area contributed by atoms with Crippen LogP contribution in [-0.2, 0) is 4.79 Å². The molecule has 0 amide bonds. The third kappa shape index (κ3) is 4.09. The average molecular weight is 223 g/mol. The number of allylic oxidation sites excluding steroid dienone is 1. The second-order valence-corrected chi connectivity index (χ2v) is 5.44. The zero-order valence-corrected chi connectivity index (χ0v) is 10.6. The molecule has 1 aliphatic carbocycles. The SMILES string of the molecule is C=C(C)CCC(=O)CC1(CN)CCCCC1. The van der Waals surface area contributed by atoms with Gasteiger partial charge in [-0.1, -0.05) is 24.8 Å². The van der Waals surface area contributed by atoms with Crippen LogP contribution in [0.2, 0.25) is 0 Å². The molecule has 2 heteroatoms. The summed E-state index contributed by atoms with van der Waals surface area (Å²) in [6, 6.07) is 0. The maximum absolute atomic E-state index is 11.9. The molecule has 0 aliphatic heterocycles. The summed E-state index contributed by atoms with van der Waals surface area (Å²) in [7, 11) is 0. The molecule has 92 valence electrons. The van der Waals surface area contributed by atoms with E-state index in [1.807, 2.05) is 6.92 Å². The number of rotatable bonds is 6. The minimum Gasteiger partial charge on any atom is -0.330 e. The molecule has 0 unspecified atom stereocenters. The van der Waals surface area contributed by atoms with Gasteiger partial charge >= 0.3 is 0 Å². The number of nitrogens with two attached hydrogens (primary N) is 1. The molecule has 0 spiro atoms. The number of carbonyl (C=O) groups is 1. The van der Waals surface area contributed by atoms with Crippen molar-refractivity contribution < 1.29 is 4.79 Å². The van der Waals surface area contributed by atoms with E-state index in [-0.39, 0.29) is 5.41 Å². The number of Topliss-reactive ketones (excluding diaryl/α,β-unsaturated/α-hetero) is 1. The number of ketones is 1. The lowest BCUT2D eigenvalue weighted by Crippen LogP contribution is -2.35. The number of hydrogen-bond donors (Lipinski definition) is 1. The molecule has 0 aromatic heterocycles. The summed E-state index contributed by atoms with van der Waals surface area (Å²) in [6.07, 6.45) is 8.25. The zero-order valence-electron chi connectivity index (χ0n) is 10.6. The summed E-state index contributed by atoms with van der Waals surface area (Å²) < 4.78 is 0. The highest BCUT2D eigenvalue weighted by molar-refractivity contribution is 5.79. The van der Waals surface area contributed by atoms with Crippen LogP contribution in [-0.4, -0.2) is 12.3 Å². The lowest BCUT2D eigenvalue weighted by atomic mass is 9.70. The van der Waals surface area contributed by atoms with Crippen LogP contribution in [0.3, 0.4) is 0 Å². The lowest BCUT2D eigenvalue weighted by Gasteiger charge is -2.35. The van der Waals surface area contributed by atoms with Crippen molar-refractivity contribution in [1.82, 2.24) is 0 Å². The predicted molar refractivity (Wildman–Crippen MR) is 68.2 cm³/mol. The van der Waals surface area contributed by atoms with E-state index in [9.17, 15) is 4.79 Å². The van der Waals surface area contributed by atoms with Crippen LogP contribution in [0.15, 0.2) is 12.2 Å². The van der Waals surface area contributed by atoms with Crippen molar-refractivity contribution >= 4 is 5.78 Å². The van der Waals surface area contributed by atoms with Crippen LogP contribution in [0.1, 0.15) is 58.3 Å². The monoisotopic (exact) mass is 223 g/mol. The van der Waals surface area contributed by atoms with Crippen LogP contribution in [0, 0.1) is 5.41 Å². The first-order valence-corrected chi connectivity index (χ1v) is 6.44. The number of hydrogen-bond acceptors (Lipinski definition) is 2. The van der Waals surface area contributed by atoms with E-state index in [4.69, 9.17) is 5.73 Å². The first-order chi connectivity index (χ1) is 7.58. The molecular formula is C14H25NO. The Bertz CT molecular complexity index is 251. The summed E-state index contributed by atoms with van der Waals surface area (Å²) in [6.45, 7) is 6.49. The highest BCUT2D eigenvalue weighted by Crippen LogP contribution is 2.38. The minimum atomic E-state index is 0.129. The van der Waals surface area contributed by atoms with E-state index in [1.54, 1.807) is 0 Å². The molecule has 0 radical (unpaired) electrons. The van der Waals surface area contributed by atoms with Gasteiger partial charge in [0.25, 0.3) is 0 Å². The van der Waals surface area contributed by atoms with Gasteiger partial charge in [0.1, 0.15) is 5.78 Å². The Morgan fingerprint density at radius 1 is 1.25 bits per heavy atom. The highest BCUT2D eigenvalue weighted by Gasteiger charge is 2.32. The van der Waals surface area contributed by atoms with Gasteiger partial charge in [-0.3, -0.25) is 4.79 Å². The molecule has 1 saturated carbocycles. The van der Waals surface area contributed by atoms with Crippen LogP contribution >= 0.6 is 0 Å². The van der Waals surface area contributed by atoms with E-state index in [0.717, 1.165) is 24.8 Å². The van der Waals surface area contributed by atoms with Crippen molar-refractivity contribution in [3.63, 3.8) is 0 Å². The van der Waals surface area contributed by atoms with Gasteiger partial charge in [0, 0.05) is 12.8 Å². The maximum Gasteiger partial charge on any atom is 0.133 e. The van der Waals surface area contributed by atoms with Gasteiger partial charge in [-0.15, -0.1) is 6.58 Å². The van der Waals surface area contributed by atoms with Crippen molar-refractivity contribution in [3.8, 4) is 0 Å². The molecule has 1 rings (SSSR count). The second-order valence-electron chi connectivity index (χ2n) is 5.44. The summed E-state index contributed by atoms with van der Waals surface area (Å²) in [5.74, 6) is 0.371. The summed E-state index contributed by atoms with van der Waals surface area (Å²) in [4.78, 5) is 11.9. The van der Waals surface area contributed by atoms with Gasteiger partial charge in [0.15, 0.2) is 0 Å². The van der Waals surface area contributed by atoms with E-state index >= 15 is 0 Å². The molecular weight excluding hydrogens is 198 g/mol. The van der Waals surface area contributed by atoms with Gasteiger partial charge in [-0.2, -0.15) is 0 Å². The number of carbonyl (C=O) groups excluding carboxylic acids is 1. The molecule has 0 atom stereocenters. The molecule has 0 saturated heterocycles. The molecule has 1 aliphatic rings. The Balaban J connectivity index is 2.42. The highest BCUT2D eigenvalue weighted by atomic mass is 16.1. The molecule has 0 heterocycles. The van der Waals surface area contributed by atoms with E-state index < -0.39 is 0 Å². The van der Waals surface area contributed by atoms with Gasteiger partial charge < -0.3 is 5.73 Å². The van der Waals surface area contributed by atoms with Crippen molar-refractivity contribution in [2.75, 3.05) is 6.54 Å². The van der Waals surface area contributed by atoms with Crippen LogP contribution in [0.25, 0.3) is 0 Å². The Morgan fingerprint density at radius 2 is 1.88 bits per heavy atom. The van der Waals surface area contributed by atoms with Crippen molar-refractivity contribution in [2.24, 2.45) is 11.1 Å². The van der Waals surface area contributed by atoms with E-state index in [0.29, 0.717) is 25.2 Å². The van der Waals surface area contributed by atoms with E-state index in [1.165, 1.54) is 19.3 Å². The van der Waals surface area contributed by atoms with E-state index in [2.05, 4.69) is 6.58 Å². The van der Waals surface area contributed by atoms with Gasteiger partial charge in [0.2, 0.25) is 0 Å². The summed E-state index contributed by atoms with van der Waals surface area (Å²) >= 11 is 0. The predicted octanol–water partition coefficient (Wildman–Crippen LogP) is 3.21. The molecule has 2 nitrogen and oxygen atoms in total. The Labute approximate surface area is 99.3 Å². The second kappa shape index (κ2) is 6.19. The third-order valence-corrected chi connectivity index (χ3v) is 3.75. The van der Waals surface area contributed by atoms with Gasteiger partial charge in [0.05, 0.1) is 0 Å². The smallest absolute Gasteiger partial charge is 0.133 e. The molecule has 1 fully saturated rings. The van der Waals surface area contributed by atoms with Crippen molar-refractivity contribution in [1.29, 1.82) is 0 Å². The fraction of sp³-hybridized carbons (Fsp3) is 0.786. The zero-order chi connectivity index (χ0) is 12.0. The first kappa shape index (κ1) is 13.4. The van der Waals surface area contributed by atoms with Crippen LogP contribution in [0.4, 0.5) is 0 Å².